The summed E-state index contributed by atoms with van der Waals surface area (Å²) in [4.78, 5) is 0. The van der Waals surface area contributed by atoms with E-state index in [1.165, 1.54) is 11.1 Å². The van der Waals surface area contributed by atoms with E-state index in [2.05, 4.69) is 55.8 Å². The highest BCUT2D eigenvalue weighted by Crippen LogP contribution is 2.13. The van der Waals surface area contributed by atoms with E-state index in [1.54, 1.807) is 6.20 Å². The summed E-state index contributed by atoms with van der Waals surface area (Å²) in [6.45, 7) is 6.46. The lowest BCUT2D eigenvalue weighted by molar-refractivity contribution is 0.570. The highest BCUT2D eigenvalue weighted by atomic mass is 79.9. The predicted molar refractivity (Wildman–Crippen MR) is 116 cm³/mol. The molecule has 0 atom stereocenters. The predicted octanol–water partition coefficient (Wildman–Crippen LogP) is 3.88. The minimum Gasteiger partial charge on any atom is -0.362 e. The van der Waals surface area contributed by atoms with Crippen molar-refractivity contribution < 1.29 is 0 Å². The van der Waals surface area contributed by atoms with E-state index in [0.717, 1.165) is 41.9 Å². The number of thiocarbonyl (C=S) groups is 1. The van der Waals surface area contributed by atoms with E-state index in [9.17, 15) is 0 Å². The Bertz CT molecular complexity index is 897. The molecule has 6 nitrogen and oxygen atoms in total. The Kier molecular flexibility index (Phi) is 6.63. The molecule has 0 spiro atoms. The van der Waals surface area contributed by atoms with Crippen LogP contribution in [0.2, 0.25) is 0 Å². The summed E-state index contributed by atoms with van der Waals surface area (Å²) >= 11 is 8.84. The zero-order valence-electron chi connectivity index (χ0n) is 15.4. The number of anilines is 1. The van der Waals surface area contributed by atoms with Gasteiger partial charge in [0.1, 0.15) is 0 Å². The van der Waals surface area contributed by atoms with E-state index < -0.39 is 0 Å². The Labute approximate surface area is 173 Å². The molecule has 2 heterocycles. The fraction of sp³-hybridized carbons (Fsp3) is 0.316. The topological polar surface area (TPSA) is 59.7 Å². The van der Waals surface area contributed by atoms with Crippen LogP contribution in [0.5, 0.6) is 0 Å². The highest BCUT2D eigenvalue weighted by molar-refractivity contribution is 9.10. The standard InChI is InChI=1S/C19H23BrN6S/c1-14-6-3-4-7-16(14)11-26-12-17(10-22-26)23-19(27)21-8-5-9-25-13-18(20)15(2)24-25/h3-4,6-7,10,12-13H,5,8-9,11H2,1-2H3,(H2,21,23,27). The van der Waals surface area contributed by atoms with Crippen molar-refractivity contribution in [3.8, 4) is 0 Å². The summed E-state index contributed by atoms with van der Waals surface area (Å²) in [5, 5.41) is 15.8. The monoisotopic (exact) mass is 446 g/mol. The zero-order chi connectivity index (χ0) is 19.2. The van der Waals surface area contributed by atoms with Crippen molar-refractivity contribution >= 4 is 38.9 Å². The van der Waals surface area contributed by atoms with Crippen LogP contribution in [0.3, 0.4) is 0 Å². The van der Waals surface area contributed by atoms with Crippen LogP contribution >= 0.6 is 28.1 Å². The lowest BCUT2D eigenvalue weighted by atomic mass is 10.1. The summed E-state index contributed by atoms with van der Waals surface area (Å²) in [5.74, 6) is 0. The van der Waals surface area contributed by atoms with E-state index in [1.807, 2.05) is 40.8 Å². The van der Waals surface area contributed by atoms with Gasteiger partial charge in [-0.15, -0.1) is 0 Å². The van der Waals surface area contributed by atoms with Crippen LogP contribution in [0.25, 0.3) is 0 Å². The first-order valence-corrected chi connectivity index (χ1v) is 10.0. The quantitative estimate of drug-likeness (QED) is 0.425. The van der Waals surface area contributed by atoms with Crippen LogP contribution in [0.15, 0.2) is 47.3 Å². The second-order valence-corrected chi connectivity index (χ2v) is 7.68. The van der Waals surface area contributed by atoms with Gasteiger partial charge in [-0.05, 0) is 59.5 Å². The van der Waals surface area contributed by atoms with Crippen molar-refractivity contribution in [3.05, 3.63) is 64.1 Å². The Morgan fingerprint density at radius 1 is 1.19 bits per heavy atom. The molecule has 0 bridgehead atoms. The summed E-state index contributed by atoms with van der Waals surface area (Å²) in [6.07, 6.45) is 6.68. The largest absolute Gasteiger partial charge is 0.362 e. The molecule has 0 unspecified atom stereocenters. The van der Waals surface area contributed by atoms with Gasteiger partial charge in [0.05, 0.1) is 28.6 Å². The number of hydrogen-bond acceptors (Lipinski definition) is 3. The maximum absolute atomic E-state index is 5.36. The maximum Gasteiger partial charge on any atom is 0.170 e. The van der Waals surface area contributed by atoms with Gasteiger partial charge in [-0.1, -0.05) is 24.3 Å². The van der Waals surface area contributed by atoms with Gasteiger partial charge >= 0.3 is 0 Å². The van der Waals surface area contributed by atoms with E-state index in [4.69, 9.17) is 12.2 Å². The molecule has 2 aromatic heterocycles. The molecule has 0 amide bonds. The van der Waals surface area contributed by atoms with Gasteiger partial charge in [0.25, 0.3) is 0 Å². The molecule has 2 N–H and O–H groups in total. The Balaban J connectivity index is 1.42. The third-order valence-electron chi connectivity index (χ3n) is 4.22. The molecule has 0 aliphatic carbocycles. The van der Waals surface area contributed by atoms with Gasteiger partial charge in [-0.2, -0.15) is 10.2 Å². The summed E-state index contributed by atoms with van der Waals surface area (Å²) < 4.78 is 4.88. The highest BCUT2D eigenvalue weighted by Gasteiger charge is 2.04. The third kappa shape index (κ3) is 5.64. The fourth-order valence-corrected chi connectivity index (χ4v) is 3.24. The molecule has 3 aromatic rings. The second kappa shape index (κ2) is 9.14. The van der Waals surface area contributed by atoms with Gasteiger partial charge < -0.3 is 10.6 Å². The number of benzene rings is 1. The molecule has 27 heavy (non-hydrogen) atoms. The van der Waals surface area contributed by atoms with E-state index >= 15 is 0 Å². The van der Waals surface area contributed by atoms with Crippen LogP contribution in [0.1, 0.15) is 23.2 Å². The van der Waals surface area contributed by atoms with E-state index in [-0.39, 0.29) is 0 Å². The van der Waals surface area contributed by atoms with Crippen LogP contribution in [0.4, 0.5) is 5.69 Å². The first kappa shape index (κ1) is 19.6. The first-order chi connectivity index (χ1) is 13.0. The van der Waals surface area contributed by atoms with Crippen molar-refractivity contribution in [2.75, 3.05) is 11.9 Å². The molecule has 0 aliphatic rings. The Hall–Kier alpha value is -2.19. The zero-order valence-corrected chi connectivity index (χ0v) is 17.8. The number of nitrogens with zero attached hydrogens (tertiary/aromatic N) is 4. The fourth-order valence-electron chi connectivity index (χ4n) is 2.70. The molecular formula is C19H23BrN6S. The molecule has 0 saturated heterocycles. The molecule has 0 saturated carbocycles. The number of halogens is 1. The number of aromatic nitrogens is 4. The summed E-state index contributed by atoms with van der Waals surface area (Å²) in [6, 6.07) is 8.33. The molecule has 8 heteroatoms. The molecule has 1 aromatic carbocycles. The van der Waals surface area contributed by atoms with Gasteiger partial charge in [0.15, 0.2) is 5.11 Å². The van der Waals surface area contributed by atoms with Crippen molar-refractivity contribution in [3.63, 3.8) is 0 Å². The van der Waals surface area contributed by atoms with Gasteiger partial charge in [0, 0.05) is 25.5 Å². The lowest BCUT2D eigenvalue weighted by Gasteiger charge is -2.09. The average molecular weight is 447 g/mol. The van der Waals surface area contributed by atoms with Gasteiger partial charge in [-0.3, -0.25) is 9.36 Å². The van der Waals surface area contributed by atoms with Crippen molar-refractivity contribution in [2.24, 2.45) is 0 Å². The van der Waals surface area contributed by atoms with Gasteiger partial charge in [0.2, 0.25) is 0 Å². The summed E-state index contributed by atoms with van der Waals surface area (Å²) in [5.41, 5.74) is 4.41. The van der Waals surface area contributed by atoms with Crippen LogP contribution < -0.4 is 10.6 Å². The molecule has 142 valence electrons. The van der Waals surface area contributed by atoms with Crippen molar-refractivity contribution in [1.82, 2.24) is 24.9 Å². The minimum atomic E-state index is 0.600. The SMILES string of the molecule is Cc1ccccc1Cn1cc(NC(=S)NCCCn2cc(Br)c(C)n2)cn1. The van der Waals surface area contributed by atoms with Crippen molar-refractivity contribution in [2.45, 2.75) is 33.4 Å². The lowest BCUT2D eigenvalue weighted by Crippen LogP contribution is -2.29. The molecule has 0 aliphatic heterocycles. The van der Waals surface area contributed by atoms with Crippen molar-refractivity contribution in [1.29, 1.82) is 0 Å². The minimum absolute atomic E-state index is 0.600. The molecular weight excluding hydrogens is 424 g/mol. The molecule has 0 radical (unpaired) electrons. The number of aryl methyl sites for hydroxylation is 3. The molecule has 0 fully saturated rings. The Morgan fingerprint density at radius 3 is 2.74 bits per heavy atom. The van der Waals surface area contributed by atoms with E-state index in [0.29, 0.717) is 5.11 Å². The smallest absolute Gasteiger partial charge is 0.170 e. The van der Waals surface area contributed by atoms with Crippen LogP contribution in [0, 0.1) is 13.8 Å². The first-order valence-electron chi connectivity index (χ1n) is 8.82. The number of nitrogens with one attached hydrogen (secondary N) is 2. The Morgan fingerprint density at radius 2 is 2.00 bits per heavy atom. The van der Waals surface area contributed by atoms with Crippen LogP contribution in [-0.4, -0.2) is 31.2 Å². The molecule has 3 rings (SSSR count). The average Bonchev–Trinajstić information content (AvgIpc) is 3.20. The number of rotatable bonds is 7. The van der Waals surface area contributed by atoms with Gasteiger partial charge in [-0.25, -0.2) is 0 Å². The van der Waals surface area contributed by atoms with Crippen LogP contribution in [-0.2, 0) is 13.1 Å². The second-order valence-electron chi connectivity index (χ2n) is 6.41. The normalized spacial score (nSPS) is 10.8. The summed E-state index contributed by atoms with van der Waals surface area (Å²) in [7, 11) is 0. The third-order valence-corrected chi connectivity index (χ3v) is 5.25. The maximum atomic E-state index is 5.36. The number of hydrogen-bond donors (Lipinski definition) is 2.